The van der Waals surface area contributed by atoms with Gasteiger partial charge in [0.2, 0.25) is 0 Å². The van der Waals surface area contributed by atoms with Gasteiger partial charge in [-0.15, -0.1) is 0 Å². The fourth-order valence-electron chi connectivity index (χ4n) is 3.96. The zero-order valence-corrected chi connectivity index (χ0v) is 18.3. The number of anilines is 1. The van der Waals surface area contributed by atoms with Gasteiger partial charge in [-0.25, -0.2) is 19.0 Å². The highest BCUT2D eigenvalue weighted by Crippen LogP contribution is 2.36. The number of carbonyl (C=O) groups is 2. The molecule has 1 aliphatic heterocycles. The number of imidazole rings is 1. The van der Waals surface area contributed by atoms with Crippen molar-refractivity contribution < 1.29 is 28.2 Å². The molecule has 10 heteroatoms. The molecule has 0 bridgehead atoms. The van der Waals surface area contributed by atoms with Gasteiger partial charge in [-0.05, 0) is 17.7 Å². The van der Waals surface area contributed by atoms with Crippen molar-refractivity contribution in [2.75, 3.05) is 33.2 Å². The molecule has 1 aromatic heterocycles. The smallest absolute Gasteiger partial charge is 0.340 e. The van der Waals surface area contributed by atoms with Gasteiger partial charge in [0.05, 0.1) is 44.6 Å². The highest BCUT2D eigenvalue weighted by atomic mass is 19.1. The Kier molecular flexibility index (Phi) is 6.16. The molecule has 33 heavy (non-hydrogen) atoms. The molecule has 2 heterocycles. The lowest BCUT2D eigenvalue weighted by atomic mass is 9.96. The Labute approximate surface area is 189 Å². The number of hydrogen-bond donors (Lipinski definition) is 2. The van der Waals surface area contributed by atoms with Gasteiger partial charge >= 0.3 is 12.0 Å². The molecule has 1 atom stereocenters. The quantitative estimate of drug-likeness (QED) is 0.572. The van der Waals surface area contributed by atoms with Gasteiger partial charge in [0.15, 0.2) is 11.5 Å². The van der Waals surface area contributed by atoms with E-state index < -0.39 is 23.9 Å². The number of amides is 2. The summed E-state index contributed by atoms with van der Waals surface area (Å²) in [6, 6.07) is 7.88. The van der Waals surface area contributed by atoms with Crippen LogP contribution in [-0.4, -0.2) is 54.7 Å². The number of H-pyrrole nitrogens is 1. The number of urea groups is 1. The molecular formula is C23H23FN4O5. The SMILES string of the molecule is COC(=O)c1cc(OC)c(OC)cc1NC(=O)N1CCc2[nH]cnc2C1c1cccc(F)c1. The molecule has 172 valence electrons. The van der Waals surface area contributed by atoms with Crippen molar-refractivity contribution in [2.45, 2.75) is 12.5 Å². The number of hydrogen-bond acceptors (Lipinski definition) is 6. The van der Waals surface area contributed by atoms with Crippen LogP contribution in [0.3, 0.4) is 0 Å². The normalized spacial score (nSPS) is 14.9. The minimum Gasteiger partial charge on any atom is -0.493 e. The first-order chi connectivity index (χ1) is 16.0. The van der Waals surface area contributed by atoms with Crippen LogP contribution in [0.25, 0.3) is 0 Å². The summed E-state index contributed by atoms with van der Waals surface area (Å²) in [6.07, 6.45) is 2.10. The average molecular weight is 454 g/mol. The van der Waals surface area contributed by atoms with Gasteiger partial charge < -0.3 is 29.4 Å². The number of esters is 1. The van der Waals surface area contributed by atoms with Gasteiger partial charge in [0, 0.05) is 30.8 Å². The summed E-state index contributed by atoms with van der Waals surface area (Å²) in [5, 5.41) is 2.78. The molecule has 4 rings (SSSR count). The molecule has 0 radical (unpaired) electrons. The first-order valence-corrected chi connectivity index (χ1v) is 10.2. The topological polar surface area (TPSA) is 106 Å². The van der Waals surface area contributed by atoms with Crippen molar-refractivity contribution in [1.82, 2.24) is 14.9 Å². The lowest BCUT2D eigenvalue weighted by Crippen LogP contribution is -2.43. The lowest BCUT2D eigenvalue weighted by molar-refractivity contribution is 0.0601. The number of methoxy groups -OCH3 is 3. The van der Waals surface area contributed by atoms with E-state index in [1.807, 2.05) is 0 Å². The summed E-state index contributed by atoms with van der Waals surface area (Å²) < 4.78 is 29.4. The van der Waals surface area contributed by atoms with Crippen molar-refractivity contribution in [3.8, 4) is 11.5 Å². The molecule has 0 saturated carbocycles. The van der Waals surface area contributed by atoms with Crippen LogP contribution in [0.4, 0.5) is 14.9 Å². The fraction of sp³-hybridized carbons (Fsp3) is 0.261. The van der Waals surface area contributed by atoms with E-state index in [9.17, 15) is 14.0 Å². The monoisotopic (exact) mass is 454 g/mol. The predicted octanol–water partition coefficient (Wildman–Crippen LogP) is 3.53. The van der Waals surface area contributed by atoms with E-state index in [4.69, 9.17) is 14.2 Å². The van der Waals surface area contributed by atoms with E-state index in [1.54, 1.807) is 23.4 Å². The Morgan fingerprint density at radius 2 is 1.91 bits per heavy atom. The van der Waals surface area contributed by atoms with Crippen LogP contribution in [-0.2, 0) is 11.2 Å². The van der Waals surface area contributed by atoms with Gasteiger partial charge in [-0.2, -0.15) is 0 Å². The molecule has 0 saturated heterocycles. The van der Waals surface area contributed by atoms with Crippen molar-refractivity contribution in [3.63, 3.8) is 0 Å². The molecule has 0 fully saturated rings. The van der Waals surface area contributed by atoms with E-state index in [1.165, 1.54) is 45.6 Å². The van der Waals surface area contributed by atoms with Crippen LogP contribution in [0, 0.1) is 5.82 Å². The first kappa shape index (κ1) is 22.1. The third kappa shape index (κ3) is 4.19. The van der Waals surface area contributed by atoms with Crippen molar-refractivity contribution in [2.24, 2.45) is 0 Å². The zero-order valence-electron chi connectivity index (χ0n) is 18.3. The second-order valence-corrected chi connectivity index (χ2v) is 7.34. The van der Waals surface area contributed by atoms with Crippen LogP contribution in [0.5, 0.6) is 11.5 Å². The van der Waals surface area contributed by atoms with Crippen molar-refractivity contribution >= 4 is 17.7 Å². The predicted molar refractivity (Wildman–Crippen MR) is 117 cm³/mol. The maximum absolute atomic E-state index is 14.0. The number of benzene rings is 2. The van der Waals surface area contributed by atoms with Crippen molar-refractivity contribution in [3.05, 3.63) is 71.1 Å². The summed E-state index contributed by atoms with van der Waals surface area (Å²) in [6.45, 7) is 0.350. The molecule has 2 amide bonds. The van der Waals surface area contributed by atoms with Crippen LogP contribution in [0.1, 0.15) is 33.4 Å². The number of carbonyl (C=O) groups excluding carboxylic acids is 2. The zero-order chi connectivity index (χ0) is 23.5. The molecule has 0 spiro atoms. The Hall–Kier alpha value is -4.08. The maximum Gasteiger partial charge on any atom is 0.340 e. The van der Waals surface area contributed by atoms with Crippen LogP contribution >= 0.6 is 0 Å². The Bertz CT molecular complexity index is 1200. The second-order valence-electron chi connectivity index (χ2n) is 7.34. The van der Waals surface area contributed by atoms with E-state index in [0.717, 1.165) is 5.69 Å². The number of halogens is 1. The minimum atomic E-state index is -0.652. The van der Waals surface area contributed by atoms with Crippen LogP contribution in [0.2, 0.25) is 0 Å². The Morgan fingerprint density at radius 1 is 1.15 bits per heavy atom. The number of fused-ring (bicyclic) bond motifs is 1. The number of aromatic amines is 1. The highest BCUT2D eigenvalue weighted by molar-refractivity contribution is 6.02. The van der Waals surface area contributed by atoms with E-state index in [2.05, 4.69) is 15.3 Å². The van der Waals surface area contributed by atoms with Crippen molar-refractivity contribution in [1.29, 1.82) is 0 Å². The summed E-state index contributed by atoms with van der Waals surface area (Å²) in [5.41, 5.74) is 2.40. The van der Waals surface area contributed by atoms with E-state index in [0.29, 0.717) is 35.7 Å². The molecule has 3 aromatic rings. The molecule has 1 aliphatic rings. The molecule has 1 unspecified atom stereocenters. The van der Waals surface area contributed by atoms with Gasteiger partial charge in [0.25, 0.3) is 0 Å². The number of nitrogens with one attached hydrogen (secondary N) is 2. The lowest BCUT2D eigenvalue weighted by Gasteiger charge is -2.35. The Balaban J connectivity index is 1.72. The summed E-state index contributed by atoms with van der Waals surface area (Å²) in [7, 11) is 4.13. The van der Waals surface area contributed by atoms with Gasteiger partial charge in [-0.1, -0.05) is 12.1 Å². The fourth-order valence-corrected chi connectivity index (χ4v) is 3.96. The van der Waals surface area contributed by atoms with Gasteiger partial charge in [-0.3, -0.25) is 0 Å². The van der Waals surface area contributed by atoms with Crippen LogP contribution in [0.15, 0.2) is 42.7 Å². The summed E-state index contributed by atoms with van der Waals surface area (Å²) >= 11 is 0. The summed E-state index contributed by atoms with van der Waals surface area (Å²) in [4.78, 5) is 34.8. The third-order valence-electron chi connectivity index (χ3n) is 5.52. The van der Waals surface area contributed by atoms with Gasteiger partial charge in [0.1, 0.15) is 11.9 Å². The van der Waals surface area contributed by atoms with E-state index in [-0.39, 0.29) is 11.3 Å². The first-order valence-electron chi connectivity index (χ1n) is 10.2. The highest BCUT2D eigenvalue weighted by Gasteiger charge is 2.35. The third-order valence-corrected chi connectivity index (χ3v) is 5.52. The maximum atomic E-state index is 14.0. The molecule has 2 N–H and O–H groups in total. The van der Waals surface area contributed by atoms with E-state index >= 15 is 0 Å². The number of ether oxygens (including phenoxy) is 3. The summed E-state index contributed by atoms with van der Waals surface area (Å²) in [5.74, 6) is -0.424. The molecule has 0 aliphatic carbocycles. The second kappa shape index (κ2) is 9.19. The Morgan fingerprint density at radius 3 is 2.61 bits per heavy atom. The number of aromatic nitrogens is 2. The molecule has 9 nitrogen and oxygen atoms in total. The van der Waals surface area contributed by atoms with Crippen LogP contribution < -0.4 is 14.8 Å². The molecular weight excluding hydrogens is 431 g/mol. The largest absolute Gasteiger partial charge is 0.493 e. The molecule has 2 aromatic carbocycles. The number of nitrogens with zero attached hydrogens (tertiary/aromatic N) is 2. The standard InChI is InChI=1S/C23H23FN4O5/c1-31-18-10-15(22(29)33-3)17(11-19(18)32-2)27-23(30)28-8-7-16-20(26-12-25-16)21(28)13-5-4-6-14(24)9-13/h4-6,9-12,21H,7-8H2,1-3H3,(H,25,26)(H,27,30). The number of rotatable bonds is 5. The minimum absolute atomic E-state index is 0.100. The average Bonchev–Trinajstić information content (AvgIpc) is 3.31.